The number of hydrogen-bond donors (Lipinski definition) is 0. The highest BCUT2D eigenvalue weighted by molar-refractivity contribution is 6.02. The second-order valence-corrected chi connectivity index (χ2v) is 4.09. The Balaban J connectivity index is 2.12. The van der Waals surface area contributed by atoms with Gasteiger partial charge in [-0.2, -0.15) is 0 Å². The van der Waals surface area contributed by atoms with Gasteiger partial charge in [-0.15, -0.1) is 0 Å². The Morgan fingerprint density at radius 1 is 1.40 bits per heavy atom. The van der Waals surface area contributed by atoms with E-state index in [-0.39, 0.29) is 5.78 Å². The number of imidazole rings is 1. The smallest absolute Gasteiger partial charge is 0.221 e. The van der Waals surface area contributed by atoms with E-state index < -0.39 is 0 Å². The fourth-order valence-electron chi connectivity index (χ4n) is 2.00. The number of hydrogen-bond acceptors (Lipinski definition) is 2. The average Bonchev–Trinajstić information content (AvgIpc) is 2.66. The zero-order chi connectivity index (χ0) is 10.7. The molecule has 1 aromatic rings. The van der Waals surface area contributed by atoms with Gasteiger partial charge in [0.15, 0.2) is 5.82 Å². The minimum atomic E-state index is 0.0411. The van der Waals surface area contributed by atoms with Crippen molar-refractivity contribution >= 4 is 5.78 Å². The van der Waals surface area contributed by atoms with Gasteiger partial charge < -0.3 is 4.57 Å². The second kappa shape index (κ2) is 4.43. The van der Waals surface area contributed by atoms with Gasteiger partial charge in [-0.05, 0) is 31.8 Å². The summed E-state index contributed by atoms with van der Waals surface area (Å²) in [5, 5.41) is 0. The topological polar surface area (TPSA) is 34.9 Å². The van der Waals surface area contributed by atoms with Gasteiger partial charge in [0.2, 0.25) is 5.78 Å². The van der Waals surface area contributed by atoms with Crippen LogP contribution in [0.25, 0.3) is 0 Å². The van der Waals surface area contributed by atoms with E-state index in [0.29, 0.717) is 5.82 Å². The summed E-state index contributed by atoms with van der Waals surface area (Å²) in [5.74, 6) is 0.576. The molecular weight excluding hydrogens is 188 g/mol. The zero-order valence-corrected chi connectivity index (χ0v) is 9.07. The molecule has 1 heterocycles. The maximum atomic E-state index is 11.8. The Hall–Kier alpha value is -1.38. The summed E-state index contributed by atoms with van der Waals surface area (Å²) in [7, 11) is 1.85. The third kappa shape index (κ3) is 2.35. The van der Waals surface area contributed by atoms with E-state index in [0.717, 1.165) is 12.8 Å². The van der Waals surface area contributed by atoms with Gasteiger partial charge >= 0.3 is 0 Å². The van der Waals surface area contributed by atoms with Gasteiger partial charge in [0, 0.05) is 19.4 Å². The summed E-state index contributed by atoms with van der Waals surface area (Å²) in [6, 6.07) is 0. The summed E-state index contributed by atoms with van der Waals surface area (Å²) in [4.78, 5) is 15.9. The van der Waals surface area contributed by atoms with E-state index in [2.05, 4.69) is 4.98 Å². The fraction of sp³-hybridized carbons (Fsp3) is 0.500. The Labute approximate surface area is 89.8 Å². The molecule has 0 amide bonds. The maximum absolute atomic E-state index is 11.8. The van der Waals surface area contributed by atoms with Crippen molar-refractivity contribution < 1.29 is 4.79 Å². The first-order chi connectivity index (χ1) is 7.27. The molecule has 0 aromatic carbocycles. The molecule has 15 heavy (non-hydrogen) atoms. The normalized spacial score (nSPS) is 16.5. The Morgan fingerprint density at radius 3 is 2.73 bits per heavy atom. The van der Waals surface area contributed by atoms with E-state index in [4.69, 9.17) is 0 Å². The van der Waals surface area contributed by atoms with Crippen molar-refractivity contribution in [3.8, 4) is 0 Å². The summed E-state index contributed by atoms with van der Waals surface area (Å²) in [5.41, 5.74) is 1.29. The number of nitrogens with zero attached hydrogens (tertiary/aromatic N) is 2. The quantitative estimate of drug-likeness (QED) is 0.548. The molecule has 1 aliphatic rings. The van der Waals surface area contributed by atoms with Crippen molar-refractivity contribution in [2.75, 3.05) is 0 Å². The molecule has 3 heteroatoms. The number of allylic oxidation sites excluding steroid dienone is 2. The van der Waals surface area contributed by atoms with Gasteiger partial charge in [-0.3, -0.25) is 4.79 Å². The molecule has 3 nitrogen and oxygen atoms in total. The lowest BCUT2D eigenvalue weighted by molar-refractivity contribution is 0.103. The van der Waals surface area contributed by atoms with Crippen molar-refractivity contribution in [3.63, 3.8) is 0 Å². The van der Waals surface area contributed by atoms with E-state index in [1.54, 1.807) is 23.0 Å². The van der Waals surface area contributed by atoms with Crippen molar-refractivity contribution in [2.24, 2.45) is 7.05 Å². The van der Waals surface area contributed by atoms with Crippen LogP contribution in [0.5, 0.6) is 0 Å². The fourth-order valence-corrected chi connectivity index (χ4v) is 2.00. The molecular formula is C12H16N2O. The van der Waals surface area contributed by atoms with Gasteiger partial charge in [-0.25, -0.2) is 4.98 Å². The van der Waals surface area contributed by atoms with E-state index in [1.165, 1.54) is 24.8 Å². The average molecular weight is 204 g/mol. The molecule has 1 saturated carbocycles. The Bertz CT molecular complexity index is 382. The molecule has 0 unspecified atom stereocenters. The van der Waals surface area contributed by atoms with Crippen LogP contribution in [0.4, 0.5) is 0 Å². The SMILES string of the molecule is Cn1ccnc1C(=O)C=C1CCCCC1. The van der Waals surface area contributed by atoms with Crippen molar-refractivity contribution in [3.05, 3.63) is 29.9 Å². The lowest BCUT2D eigenvalue weighted by Crippen LogP contribution is -2.06. The summed E-state index contributed by atoms with van der Waals surface area (Å²) >= 11 is 0. The van der Waals surface area contributed by atoms with Crippen LogP contribution in [-0.4, -0.2) is 15.3 Å². The third-order valence-electron chi connectivity index (χ3n) is 2.87. The molecule has 1 aromatic heterocycles. The molecule has 0 saturated heterocycles. The van der Waals surface area contributed by atoms with Crippen LogP contribution < -0.4 is 0 Å². The van der Waals surface area contributed by atoms with E-state index in [1.807, 2.05) is 7.05 Å². The lowest BCUT2D eigenvalue weighted by atomic mass is 9.94. The summed E-state index contributed by atoms with van der Waals surface area (Å²) in [6.45, 7) is 0. The van der Waals surface area contributed by atoms with Gasteiger partial charge in [-0.1, -0.05) is 12.0 Å². The number of rotatable bonds is 2. The number of carbonyl (C=O) groups is 1. The van der Waals surface area contributed by atoms with Crippen LogP contribution >= 0.6 is 0 Å². The molecule has 0 spiro atoms. The van der Waals surface area contributed by atoms with Crippen LogP contribution in [0, 0.1) is 0 Å². The van der Waals surface area contributed by atoms with Crippen molar-refractivity contribution in [1.82, 2.24) is 9.55 Å². The molecule has 2 rings (SSSR count). The van der Waals surface area contributed by atoms with Crippen molar-refractivity contribution in [2.45, 2.75) is 32.1 Å². The molecule has 0 bridgehead atoms. The molecule has 0 radical (unpaired) electrons. The number of carbonyl (C=O) groups excluding carboxylic acids is 1. The molecule has 0 N–H and O–H groups in total. The van der Waals surface area contributed by atoms with Crippen LogP contribution in [-0.2, 0) is 7.05 Å². The molecule has 1 aliphatic carbocycles. The lowest BCUT2D eigenvalue weighted by Gasteiger charge is -2.12. The highest BCUT2D eigenvalue weighted by atomic mass is 16.1. The highest BCUT2D eigenvalue weighted by Gasteiger charge is 2.11. The minimum Gasteiger partial charge on any atom is -0.331 e. The Morgan fingerprint density at radius 2 is 2.13 bits per heavy atom. The van der Waals surface area contributed by atoms with E-state index in [9.17, 15) is 4.79 Å². The van der Waals surface area contributed by atoms with Gasteiger partial charge in [0.05, 0.1) is 0 Å². The molecule has 0 aliphatic heterocycles. The first-order valence-electron chi connectivity index (χ1n) is 5.48. The predicted octanol–water partition coefficient (Wildman–Crippen LogP) is 2.49. The zero-order valence-electron chi connectivity index (χ0n) is 9.07. The number of ketones is 1. The molecule has 80 valence electrons. The van der Waals surface area contributed by atoms with Crippen LogP contribution in [0.15, 0.2) is 24.0 Å². The molecule has 0 atom stereocenters. The first kappa shape index (κ1) is 10.1. The third-order valence-corrected chi connectivity index (χ3v) is 2.87. The monoisotopic (exact) mass is 204 g/mol. The van der Waals surface area contributed by atoms with Crippen LogP contribution in [0.3, 0.4) is 0 Å². The largest absolute Gasteiger partial charge is 0.331 e. The van der Waals surface area contributed by atoms with Crippen molar-refractivity contribution in [1.29, 1.82) is 0 Å². The molecule has 1 fully saturated rings. The second-order valence-electron chi connectivity index (χ2n) is 4.09. The predicted molar refractivity (Wildman–Crippen MR) is 58.7 cm³/mol. The standard InChI is InChI=1S/C12H16N2O/c1-14-8-7-13-12(14)11(15)9-10-5-3-2-4-6-10/h7-9H,2-6H2,1H3. The summed E-state index contributed by atoms with van der Waals surface area (Å²) < 4.78 is 1.77. The number of aromatic nitrogens is 2. The minimum absolute atomic E-state index is 0.0411. The van der Waals surface area contributed by atoms with Gasteiger partial charge in [0.1, 0.15) is 0 Å². The number of aryl methyl sites for hydroxylation is 1. The van der Waals surface area contributed by atoms with Gasteiger partial charge in [0.25, 0.3) is 0 Å². The summed E-state index contributed by atoms with van der Waals surface area (Å²) in [6.07, 6.45) is 11.1. The van der Waals surface area contributed by atoms with E-state index >= 15 is 0 Å². The first-order valence-corrected chi connectivity index (χ1v) is 5.48. The maximum Gasteiger partial charge on any atom is 0.221 e. The highest BCUT2D eigenvalue weighted by Crippen LogP contribution is 2.22. The van der Waals surface area contributed by atoms with Crippen LogP contribution in [0.2, 0.25) is 0 Å². The Kier molecular flexibility index (Phi) is 2.99. The van der Waals surface area contributed by atoms with Crippen LogP contribution in [0.1, 0.15) is 42.7 Å².